The van der Waals surface area contributed by atoms with Crippen LogP contribution in [0.1, 0.15) is 15.2 Å². The summed E-state index contributed by atoms with van der Waals surface area (Å²) in [6.07, 6.45) is 1.54. The Hall–Kier alpha value is -3.32. The molecule has 144 valence electrons. The summed E-state index contributed by atoms with van der Waals surface area (Å²) in [4.78, 5) is 13.9. The smallest absolute Gasteiger partial charge is 0.281 e. The van der Waals surface area contributed by atoms with Gasteiger partial charge in [0.15, 0.2) is 0 Å². The van der Waals surface area contributed by atoms with E-state index in [0.29, 0.717) is 16.4 Å². The average Bonchev–Trinajstić information content (AvgIpc) is 3.24. The second-order valence-electron chi connectivity index (χ2n) is 5.74. The van der Waals surface area contributed by atoms with Crippen molar-refractivity contribution in [1.82, 2.24) is 5.43 Å². The van der Waals surface area contributed by atoms with Gasteiger partial charge in [-0.15, -0.1) is 11.3 Å². The molecule has 6 nitrogen and oxygen atoms in total. The van der Waals surface area contributed by atoms with E-state index in [2.05, 4.69) is 10.5 Å². The van der Waals surface area contributed by atoms with Gasteiger partial charge in [-0.3, -0.25) is 4.79 Å². The Kier molecular flexibility index (Phi) is 6.29. The highest BCUT2D eigenvalue weighted by Crippen LogP contribution is 2.29. The topological polar surface area (TPSA) is 69.2 Å². The molecule has 0 bridgehead atoms. The van der Waals surface area contributed by atoms with Gasteiger partial charge in [0.05, 0.1) is 32.4 Å². The van der Waals surface area contributed by atoms with Crippen molar-refractivity contribution >= 4 is 23.5 Å². The van der Waals surface area contributed by atoms with E-state index in [0.717, 1.165) is 21.8 Å². The van der Waals surface area contributed by atoms with Crippen LogP contribution in [0.25, 0.3) is 10.4 Å². The summed E-state index contributed by atoms with van der Waals surface area (Å²) in [5.41, 5.74) is 4.32. The fraction of sp³-hybridized carbons (Fsp3) is 0.143. The molecule has 0 spiro atoms. The van der Waals surface area contributed by atoms with Crippen molar-refractivity contribution in [2.45, 2.75) is 0 Å². The Bertz CT molecular complexity index is 958. The summed E-state index contributed by atoms with van der Waals surface area (Å²) in [7, 11) is 4.79. The zero-order valence-electron chi connectivity index (χ0n) is 15.8. The predicted octanol–water partition coefficient (Wildman–Crippen LogP) is 4.20. The van der Waals surface area contributed by atoms with Crippen molar-refractivity contribution in [3.05, 3.63) is 65.0 Å². The van der Waals surface area contributed by atoms with Crippen molar-refractivity contribution in [3.63, 3.8) is 0 Å². The Labute approximate surface area is 167 Å². The number of amides is 1. The number of methoxy groups -OCH3 is 3. The predicted molar refractivity (Wildman–Crippen MR) is 111 cm³/mol. The van der Waals surface area contributed by atoms with E-state index in [9.17, 15) is 4.79 Å². The van der Waals surface area contributed by atoms with Crippen molar-refractivity contribution in [3.8, 4) is 27.7 Å². The highest BCUT2D eigenvalue weighted by Gasteiger charge is 2.10. The second kappa shape index (κ2) is 9.05. The number of nitrogens with zero attached hydrogens (tertiary/aromatic N) is 1. The molecule has 2 aromatic carbocycles. The van der Waals surface area contributed by atoms with Crippen LogP contribution in [0.5, 0.6) is 17.2 Å². The van der Waals surface area contributed by atoms with E-state index < -0.39 is 0 Å². The molecular formula is C21H20N2O4S. The van der Waals surface area contributed by atoms with Crippen LogP contribution in [0.15, 0.2) is 59.7 Å². The van der Waals surface area contributed by atoms with Gasteiger partial charge in [0, 0.05) is 16.5 Å². The first-order valence-corrected chi connectivity index (χ1v) is 9.25. The molecule has 28 heavy (non-hydrogen) atoms. The van der Waals surface area contributed by atoms with Crippen molar-refractivity contribution < 1.29 is 19.0 Å². The minimum absolute atomic E-state index is 0.268. The van der Waals surface area contributed by atoms with Crippen molar-refractivity contribution in [1.29, 1.82) is 0 Å². The largest absolute Gasteiger partial charge is 0.497 e. The van der Waals surface area contributed by atoms with E-state index in [4.69, 9.17) is 14.2 Å². The molecule has 3 aromatic rings. The molecule has 0 fully saturated rings. The maximum Gasteiger partial charge on any atom is 0.281 e. The molecule has 0 aliphatic rings. The third kappa shape index (κ3) is 4.69. The highest BCUT2D eigenvalue weighted by atomic mass is 32.1. The summed E-state index contributed by atoms with van der Waals surface area (Å²) >= 11 is 1.40. The lowest BCUT2D eigenvalue weighted by atomic mass is 10.2. The summed E-state index contributed by atoms with van der Waals surface area (Å²) in [6.45, 7) is 0. The van der Waals surface area contributed by atoms with Gasteiger partial charge in [0.25, 0.3) is 5.91 Å². The standard InChI is InChI=1S/C21H20N2O4S/c1-25-16-6-4-15(5-7-16)19-8-9-20(28-19)21(24)23-22-13-14-10-17(26-2)12-18(11-14)27-3/h4-13H,1-3H3,(H,23,24)/b22-13+. The molecule has 7 heteroatoms. The fourth-order valence-corrected chi connectivity index (χ4v) is 3.40. The summed E-state index contributed by atoms with van der Waals surface area (Å²) < 4.78 is 15.6. The Morgan fingerprint density at radius 2 is 1.54 bits per heavy atom. The number of hydrazone groups is 1. The molecule has 1 aromatic heterocycles. The number of hydrogen-bond acceptors (Lipinski definition) is 6. The summed E-state index contributed by atoms with van der Waals surface area (Å²) in [5, 5.41) is 4.03. The summed E-state index contributed by atoms with van der Waals surface area (Å²) in [6, 6.07) is 16.8. The molecule has 0 unspecified atom stereocenters. The normalized spacial score (nSPS) is 10.7. The Morgan fingerprint density at radius 1 is 0.893 bits per heavy atom. The zero-order chi connectivity index (χ0) is 19.9. The van der Waals surface area contributed by atoms with E-state index in [-0.39, 0.29) is 5.91 Å². The molecule has 0 saturated carbocycles. The lowest BCUT2D eigenvalue weighted by molar-refractivity contribution is 0.0959. The van der Waals surface area contributed by atoms with E-state index >= 15 is 0 Å². The molecule has 3 rings (SSSR count). The first kappa shape index (κ1) is 19.4. The van der Waals surface area contributed by atoms with E-state index in [1.807, 2.05) is 30.3 Å². The third-order valence-electron chi connectivity index (χ3n) is 3.96. The van der Waals surface area contributed by atoms with E-state index in [1.165, 1.54) is 11.3 Å². The van der Waals surface area contributed by atoms with Crippen LogP contribution in [-0.4, -0.2) is 33.5 Å². The molecule has 1 heterocycles. The van der Waals surface area contributed by atoms with Gasteiger partial charge >= 0.3 is 0 Å². The van der Waals surface area contributed by atoms with Crippen LogP contribution in [0.2, 0.25) is 0 Å². The number of carbonyl (C=O) groups is 1. The first-order chi connectivity index (χ1) is 13.6. The van der Waals surface area contributed by atoms with Crippen LogP contribution in [0, 0.1) is 0 Å². The summed E-state index contributed by atoms with van der Waals surface area (Å²) in [5.74, 6) is 1.82. The fourth-order valence-electron chi connectivity index (χ4n) is 2.49. The van der Waals surface area contributed by atoms with E-state index in [1.54, 1.807) is 51.8 Å². The van der Waals surface area contributed by atoms with Crippen molar-refractivity contribution in [2.75, 3.05) is 21.3 Å². The average molecular weight is 396 g/mol. The lowest BCUT2D eigenvalue weighted by Crippen LogP contribution is -2.16. The lowest BCUT2D eigenvalue weighted by Gasteiger charge is -2.05. The van der Waals surface area contributed by atoms with Gasteiger partial charge in [-0.2, -0.15) is 5.10 Å². The number of thiophene rings is 1. The van der Waals surface area contributed by atoms with Crippen LogP contribution < -0.4 is 19.6 Å². The maximum atomic E-state index is 12.3. The Balaban J connectivity index is 1.67. The van der Waals surface area contributed by atoms with Gasteiger partial charge in [0.2, 0.25) is 0 Å². The number of hydrogen-bond donors (Lipinski definition) is 1. The Morgan fingerprint density at radius 3 is 2.14 bits per heavy atom. The maximum absolute atomic E-state index is 12.3. The molecule has 0 atom stereocenters. The third-order valence-corrected chi connectivity index (χ3v) is 5.09. The molecule has 1 amide bonds. The van der Waals surface area contributed by atoms with Crippen LogP contribution in [-0.2, 0) is 0 Å². The van der Waals surface area contributed by atoms with Crippen molar-refractivity contribution in [2.24, 2.45) is 5.10 Å². The quantitative estimate of drug-likeness (QED) is 0.480. The first-order valence-electron chi connectivity index (χ1n) is 8.43. The van der Waals surface area contributed by atoms with Gasteiger partial charge in [-0.25, -0.2) is 5.43 Å². The minimum Gasteiger partial charge on any atom is -0.497 e. The second-order valence-corrected chi connectivity index (χ2v) is 6.82. The number of benzene rings is 2. The van der Waals surface area contributed by atoms with Gasteiger partial charge in [0.1, 0.15) is 17.2 Å². The minimum atomic E-state index is -0.268. The molecule has 1 N–H and O–H groups in total. The van der Waals surface area contributed by atoms with Crippen LogP contribution >= 0.6 is 11.3 Å². The number of ether oxygens (including phenoxy) is 3. The zero-order valence-corrected chi connectivity index (χ0v) is 16.6. The van der Waals surface area contributed by atoms with Gasteiger partial charge < -0.3 is 14.2 Å². The SMILES string of the molecule is COc1ccc(-c2ccc(C(=O)N/N=C/c3cc(OC)cc(OC)c3)s2)cc1. The molecule has 0 saturated heterocycles. The molecule has 0 aliphatic heterocycles. The monoisotopic (exact) mass is 396 g/mol. The molecule has 0 radical (unpaired) electrons. The van der Waals surface area contributed by atoms with Crippen LogP contribution in [0.4, 0.5) is 0 Å². The van der Waals surface area contributed by atoms with Gasteiger partial charge in [-0.1, -0.05) is 0 Å². The van der Waals surface area contributed by atoms with Crippen LogP contribution in [0.3, 0.4) is 0 Å². The van der Waals surface area contributed by atoms with Gasteiger partial charge in [-0.05, 0) is 54.1 Å². The highest BCUT2D eigenvalue weighted by molar-refractivity contribution is 7.17. The molecular weight excluding hydrogens is 376 g/mol. The number of rotatable bonds is 7. The number of carbonyl (C=O) groups excluding carboxylic acids is 1. The molecule has 0 aliphatic carbocycles. The number of nitrogens with one attached hydrogen (secondary N) is 1.